The predicted molar refractivity (Wildman–Crippen MR) is 64.6 cm³/mol. The van der Waals surface area contributed by atoms with Crippen LogP contribution >= 0.6 is 0 Å². The summed E-state index contributed by atoms with van der Waals surface area (Å²) >= 11 is 0. The molecule has 1 atom stereocenters. The van der Waals surface area contributed by atoms with Crippen molar-refractivity contribution in [2.75, 3.05) is 0 Å². The molecule has 2 aromatic rings. The number of H-pyrrole nitrogens is 1. The summed E-state index contributed by atoms with van der Waals surface area (Å²) in [6.07, 6.45) is 3.75. The number of fused-ring (bicyclic) bond motifs is 1. The Morgan fingerprint density at radius 2 is 2.35 bits per heavy atom. The molecule has 0 radical (unpaired) electrons. The van der Waals surface area contributed by atoms with Gasteiger partial charge in [-0.3, -0.25) is 5.10 Å². The average Bonchev–Trinajstić information content (AvgIpc) is 2.95. The van der Waals surface area contributed by atoms with E-state index < -0.39 is 0 Å². The minimum Gasteiger partial charge on any atom is -0.508 e. The summed E-state index contributed by atoms with van der Waals surface area (Å²) in [5.74, 6) is 0.424. The van der Waals surface area contributed by atoms with E-state index in [1.54, 1.807) is 12.3 Å². The molecule has 1 unspecified atom stereocenters. The van der Waals surface area contributed by atoms with Gasteiger partial charge in [-0.2, -0.15) is 5.10 Å². The van der Waals surface area contributed by atoms with E-state index in [4.69, 9.17) is 0 Å². The molecule has 0 spiro atoms. The third-order valence-electron chi connectivity index (χ3n) is 3.34. The van der Waals surface area contributed by atoms with Crippen LogP contribution in [0.1, 0.15) is 29.3 Å². The molecular formula is C13H15N3O. The summed E-state index contributed by atoms with van der Waals surface area (Å²) in [5, 5.41) is 20.1. The Morgan fingerprint density at radius 1 is 1.41 bits per heavy atom. The van der Waals surface area contributed by atoms with Crippen LogP contribution in [0.5, 0.6) is 5.75 Å². The molecule has 0 fully saturated rings. The van der Waals surface area contributed by atoms with E-state index in [0.29, 0.717) is 11.8 Å². The second kappa shape index (κ2) is 4.22. The molecule has 0 saturated carbocycles. The maximum atomic E-state index is 9.76. The molecular weight excluding hydrogens is 214 g/mol. The van der Waals surface area contributed by atoms with Crippen LogP contribution in [0.4, 0.5) is 0 Å². The van der Waals surface area contributed by atoms with Crippen LogP contribution in [0.15, 0.2) is 30.5 Å². The smallest absolute Gasteiger partial charge is 0.119 e. The number of benzene rings is 1. The van der Waals surface area contributed by atoms with Crippen LogP contribution in [-0.2, 0) is 13.0 Å². The Bertz CT molecular complexity index is 507. The maximum absolute atomic E-state index is 9.76. The Kier molecular flexibility index (Phi) is 2.57. The fourth-order valence-electron chi connectivity index (χ4n) is 2.46. The van der Waals surface area contributed by atoms with Gasteiger partial charge < -0.3 is 10.4 Å². The first-order valence-electron chi connectivity index (χ1n) is 5.87. The van der Waals surface area contributed by atoms with Crippen molar-refractivity contribution in [2.24, 2.45) is 0 Å². The van der Waals surface area contributed by atoms with Crippen LogP contribution < -0.4 is 5.32 Å². The SMILES string of the molecule is Oc1cccc2c1CCC2NCc1ccn[nH]1. The maximum Gasteiger partial charge on any atom is 0.119 e. The molecule has 17 heavy (non-hydrogen) atoms. The normalized spacial score (nSPS) is 18.2. The van der Waals surface area contributed by atoms with Crippen molar-refractivity contribution in [1.82, 2.24) is 15.5 Å². The fourth-order valence-corrected chi connectivity index (χ4v) is 2.46. The molecule has 1 heterocycles. The first kappa shape index (κ1) is 10.4. The molecule has 1 aliphatic carbocycles. The molecule has 88 valence electrons. The molecule has 3 rings (SSSR count). The van der Waals surface area contributed by atoms with Gasteiger partial charge in [0, 0.05) is 24.5 Å². The molecule has 3 N–H and O–H groups in total. The van der Waals surface area contributed by atoms with Crippen molar-refractivity contribution >= 4 is 0 Å². The molecule has 0 aliphatic heterocycles. The molecule has 0 amide bonds. The zero-order valence-corrected chi connectivity index (χ0v) is 9.48. The third kappa shape index (κ3) is 1.91. The number of nitrogens with one attached hydrogen (secondary N) is 2. The van der Waals surface area contributed by atoms with Crippen LogP contribution in [0.25, 0.3) is 0 Å². The monoisotopic (exact) mass is 229 g/mol. The molecule has 4 heteroatoms. The van der Waals surface area contributed by atoms with Crippen molar-refractivity contribution in [2.45, 2.75) is 25.4 Å². The molecule has 1 aromatic carbocycles. The highest BCUT2D eigenvalue weighted by atomic mass is 16.3. The number of phenolic OH excluding ortho intramolecular Hbond substituents is 1. The molecule has 4 nitrogen and oxygen atoms in total. The number of aromatic hydroxyl groups is 1. The van der Waals surface area contributed by atoms with Gasteiger partial charge in [0.2, 0.25) is 0 Å². The number of nitrogens with zero attached hydrogens (tertiary/aromatic N) is 1. The Labute approximate surface area is 99.7 Å². The Balaban J connectivity index is 1.73. The van der Waals surface area contributed by atoms with Gasteiger partial charge in [-0.25, -0.2) is 0 Å². The molecule has 1 aliphatic rings. The lowest BCUT2D eigenvalue weighted by molar-refractivity contribution is 0.469. The Morgan fingerprint density at radius 3 is 3.18 bits per heavy atom. The second-order valence-corrected chi connectivity index (χ2v) is 4.40. The highest BCUT2D eigenvalue weighted by Crippen LogP contribution is 2.36. The van der Waals surface area contributed by atoms with E-state index in [9.17, 15) is 5.11 Å². The first-order chi connectivity index (χ1) is 8.34. The van der Waals surface area contributed by atoms with Gasteiger partial charge in [-0.1, -0.05) is 12.1 Å². The van der Waals surface area contributed by atoms with Crippen LogP contribution in [0, 0.1) is 0 Å². The van der Waals surface area contributed by atoms with Crippen molar-refractivity contribution in [3.05, 3.63) is 47.3 Å². The number of hydrogen-bond acceptors (Lipinski definition) is 3. The summed E-state index contributed by atoms with van der Waals surface area (Å²) < 4.78 is 0. The molecule has 1 aromatic heterocycles. The lowest BCUT2D eigenvalue weighted by Gasteiger charge is -2.13. The van der Waals surface area contributed by atoms with Gasteiger partial charge in [0.15, 0.2) is 0 Å². The van der Waals surface area contributed by atoms with Crippen LogP contribution in [-0.4, -0.2) is 15.3 Å². The highest BCUT2D eigenvalue weighted by molar-refractivity contribution is 5.44. The van der Waals surface area contributed by atoms with Gasteiger partial charge in [0.25, 0.3) is 0 Å². The summed E-state index contributed by atoms with van der Waals surface area (Å²) in [4.78, 5) is 0. The van der Waals surface area contributed by atoms with Crippen molar-refractivity contribution < 1.29 is 5.11 Å². The van der Waals surface area contributed by atoms with Gasteiger partial charge in [-0.05, 0) is 36.1 Å². The number of aromatic nitrogens is 2. The van der Waals surface area contributed by atoms with E-state index in [2.05, 4.69) is 21.6 Å². The number of phenols is 1. The van der Waals surface area contributed by atoms with E-state index in [0.717, 1.165) is 30.6 Å². The molecule has 0 saturated heterocycles. The summed E-state index contributed by atoms with van der Waals surface area (Å²) in [6, 6.07) is 8.05. The number of rotatable bonds is 3. The lowest BCUT2D eigenvalue weighted by atomic mass is 10.1. The topological polar surface area (TPSA) is 60.9 Å². The van der Waals surface area contributed by atoms with E-state index in [1.807, 2.05) is 12.1 Å². The summed E-state index contributed by atoms with van der Waals surface area (Å²) in [5.41, 5.74) is 3.40. The number of hydrogen-bond donors (Lipinski definition) is 3. The quantitative estimate of drug-likeness (QED) is 0.753. The second-order valence-electron chi connectivity index (χ2n) is 4.40. The zero-order chi connectivity index (χ0) is 11.7. The Hall–Kier alpha value is -1.81. The summed E-state index contributed by atoms with van der Waals surface area (Å²) in [6.45, 7) is 0.778. The number of aromatic amines is 1. The predicted octanol–water partition coefficient (Wildman–Crippen LogP) is 1.89. The first-order valence-corrected chi connectivity index (χ1v) is 5.87. The van der Waals surface area contributed by atoms with E-state index in [1.165, 1.54) is 5.56 Å². The molecule has 0 bridgehead atoms. The average molecular weight is 229 g/mol. The van der Waals surface area contributed by atoms with Gasteiger partial charge >= 0.3 is 0 Å². The largest absolute Gasteiger partial charge is 0.508 e. The van der Waals surface area contributed by atoms with Gasteiger partial charge in [0.05, 0.1) is 0 Å². The van der Waals surface area contributed by atoms with Crippen LogP contribution in [0.3, 0.4) is 0 Å². The standard InChI is InChI=1S/C13H15N3O/c17-13-3-1-2-10-11(13)4-5-12(10)14-8-9-6-7-15-16-9/h1-3,6-7,12,14,17H,4-5,8H2,(H,15,16). The lowest BCUT2D eigenvalue weighted by Crippen LogP contribution is -2.18. The zero-order valence-electron chi connectivity index (χ0n) is 9.48. The van der Waals surface area contributed by atoms with Crippen molar-refractivity contribution in [3.63, 3.8) is 0 Å². The van der Waals surface area contributed by atoms with Gasteiger partial charge in [0.1, 0.15) is 5.75 Å². The summed E-state index contributed by atoms with van der Waals surface area (Å²) in [7, 11) is 0. The highest BCUT2D eigenvalue weighted by Gasteiger charge is 2.23. The fraction of sp³-hybridized carbons (Fsp3) is 0.308. The van der Waals surface area contributed by atoms with E-state index >= 15 is 0 Å². The van der Waals surface area contributed by atoms with Crippen LogP contribution in [0.2, 0.25) is 0 Å². The van der Waals surface area contributed by atoms with E-state index in [-0.39, 0.29) is 0 Å². The third-order valence-corrected chi connectivity index (χ3v) is 3.34. The minimum atomic E-state index is 0.334. The van der Waals surface area contributed by atoms with Crippen molar-refractivity contribution in [3.8, 4) is 5.75 Å². The van der Waals surface area contributed by atoms with Gasteiger partial charge in [-0.15, -0.1) is 0 Å². The minimum absolute atomic E-state index is 0.334. The van der Waals surface area contributed by atoms with Crippen molar-refractivity contribution in [1.29, 1.82) is 0 Å².